The number of aryl methyl sites for hydroxylation is 1. The molecular formula is C11H17NO2. The van der Waals surface area contributed by atoms with Gasteiger partial charge in [-0.05, 0) is 43.1 Å². The lowest BCUT2D eigenvalue weighted by molar-refractivity contribution is 0.396. The third kappa shape index (κ3) is 2.17. The van der Waals surface area contributed by atoms with Crippen molar-refractivity contribution in [1.29, 1.82) is 0 Å². The van der Waals surface area contributed by atoms with Gasteiger partial charge < -0.3 is 15.2 Å². The predicted molar refractivity (Wildman–Crippen MR) is 57.0 cm³/mol. The Balaban J connectivity index is 3.13. The topological polar surface area (TPSA) is 44.5 Å². The first-order valence-corrected chi connectivity index (χ1v) is 4.64. The molecule has 78 valence electrons. The highest BCUT2D eigenvalue weighted by molar-refractivity contribution is 5.46. The number of methoxy groups -OCH3 is 2. The van der Waals surface area contributed by atoms with Crippen molar-refractivity contribution < 1.29 is 9.47 Å². The summed E-state index contributed by atoms with van der Waals surface area (Å²) in [6.07, 6.45) is 0.807. The van der Waals surface area contributed by atoms with Crippen LogP contribution in [0.15, 0.2) is 12.1 Å². The van der Waals surface area contributed by atoms with E-state index in [9.17, 15) is 0 Å². The van der Waals surface area contributed by atoms with E-state index in [1.54, 1.807) is 14.2 Å². The summed E-state index contributed by atoms with van der Waals surface area (Å²) in [6, 6.07) is 3.93. The fourth-order valence-corrected chi connectivity index (χ4v) is 1.56. The quantitative estimate of drug-likeness (QED) is 0.792. The van der Waals surface area contributed by atoms with Crippen molar-refractivity contribution in [2.75, 3.05) is 20.8 Å². The van der Waals surface area contributed by atoms with E-state index in [2.05, 4.69) is 0 Å². The largest absolute Gasteiger partial charge is 0.497 e. The third-order valence-corrected chi connectivity index (χ3v) is 2.18. The molecule has 1 aromatic carbocycles. The van der Waals surface area contributed by atoms with Crippen LogP contribution in [0, 0.1) is 6.92 Å². The Morgan fingerprint density at radius 3 is 2.43 bits per heavy atom. The lowest BCUT2D eigenvalue weighted by atomic mass is 10.1. The molecule has 0 aliphatic carbocycles. The Morgan fingerprint density at radius 1 is 1.21 bits per heavy atom. The zero-order chi connectivity index (χ0) is 10.6. The first-order chi connectivity index (χ1) is 6.72. The molecule has 0 heterocycles. The predicted octanol–water partition coefficient (Wildman–Crippen LogP) is 1.51. The van der Waals surface area contributed by atoms with Crippen LogP contribution in [0.3, 0.4) is 0 Å². The van der Waals surface area contributed by atoms with Crippen LogP contribution in [0.4, 0.5) is 0 Å². The zero-order valence-electron chi connectivity index (χ0n) is 8.96. The van der Waals surface area contributed by atoms with Crippen LogP contribution in [0.25, 0.3) is 0 Å². The van der Waals surface area contributed by atoms with Crippen LogP contribution in [-0.2, 0) is 6.42 Å². The summed E-state index contributed by atoms with van der Waals surface area (Å²) >= 11 is 0. The molecule has 0 atom stereocenters. The molecular weight excluding hydrogens is 178 g/mol. The monoisotopic (exact) mass is 195 g/mol. The minimum absolute atomic E-state index is 0.614. The van der Waals surface area contributed by atoms with E-state index in [-0.39, 0.29) is 0 Å². The van der Waals surface area contributed by atoms with Crippen molar-refractivity contribution in [3.63, 3.8) is 0 Å². The van der Waals surface area contributed by atoms with Gasteiger partial charge in [0.25, 0.3) is 0 Å². The number of rotatable bonds is 4. The van der Waals surface area contributed by atoms with Gasteiger partial charge in [-0.15, -0.1) is 0 Å². The molecule has 0 saturated carbocycles. The van der Waals surface area contributed by atoms with Crippen molar-refractivity contribution in [3.05, 3.63) is 23.3 Å². The Morgan fingerprint density at radius 2 is 1.93 bits per heavy atom. The van der Waals surface area contributed by atoms with E-state index in [0.29, 0.717) is 6.54 Å². The molecule has 14 heavy (non-hydrogen) atoms. The number of nitrogens with two attached hydrogens (primary N) is 1. The Labute approximate surface area is 84.8 Å². The minimum atomic E-state index is 0.614. The molecule has 0 unspecified atom stereocenters. The maximum Gasteiger partial charge on any atom is 0.125 e. The smallest absolute Gasteiger partial charge is 0.125 e. The van der Waals surface area contributed by atoms with Gasteiger partial charge in [0, 0.05) is 0 Å². The Bertz CT molecular complexity index is 310. The number of ether oxygens (including phenoxy) is 2. The summed E-state index contributed by atoms with van der Waals surface area (Å²) in [5.74, 6) is 1.77. The molecule has 0 radical (unpaired) electrons. The van der Waals surface area contributed by atoms with Gasteiger partial charge in [0.1, 0.15) is 11.5 Å². The summed E-state index contributed by atoms with van der Waals surface area (Å²) in [7, 11) is 3.34. The van der Waals surface area contributed by atoms with Crippen LogP contribution in [0.5, 0.6) is 11.5 Å². The van der Waals surface area contributed by atoms with Gasteiger partial charge in [-0.3, -0.25) is 0 Å². The molecule has 1 rings (SSSR count). The number of hydrogen-bond acceptors (Lipinski definition) is 3. The Hall–Kier alpha value is -1.22. The van der Waals surface area contributed by atoms with Gasteiger partial charge in [0.2, 0.25) is 0 Å². The van der Waals surface area contributed by atoms with Crippen molar-refractivity contribution >= 4 is 0 Å². The molecule has 0 fully saturated rings. The third-order valence-electron chi connectivity index (χ3n) is 2.18. The SMILES string of the molecule is COc1cc(C)c(OC)c(CCN)c1. The minimum Gasteiger partial charge on any atom is -0.497 e. The van der Waals surface area contributed by atoms with Gasteiger partial charge in [0.05, 0.1) is 14.2 Å². The fourth-order valence-electron chi connectivity index (χ4n) is 1.56. The second-order valence-electron chi connectivity index (χ2n) is 3.18. The van der Waals surface area contributed by atoms with Gasteiger partial charge in [-0.1, -0.05) is 0 Å². The second-order valence-corrected chi connectivity index (χ2v) is 3.18. The molecule has 0 aliphatic rings. The molecule has 1 aromatic rings. The van der Waals surface area contributed by atoms with E-state index < -0.39 is 0 Å². The normalized spacial score (nSPS) is 10.0. The van der Waals surface area contributed by atoms with E-state index >= 15 is 0 Å². The lowest BCUT2D eigenvalue weighted by Crippen LogP contribution is -2.05. The van der Waals surface area contributed by atoms with Gasteiger partial charge in [-0.25, -0.2) is 0 Å². The van der Waals surface area contributed by atoms with E-state index in [4.69, 9.17) is 15.2 Å². The van der Waals surface area contributed by atoms with Crippen molar-refractivity contribution in [2.24, 2.45) is 5.73 Å². The number of benzene rings is 1. The molecule has 0 bridgehead atoms. The molecule has 3 nitrogen and oxygen atoms in total. The maximum absolute atomic E-state index is 5.53. The average Bonchev–Trinajstić information content (AvgIpc) is 2.18. The molecule has 3 heteroatoms. The first kappa shape index (κ1) is 10.9. The highest BCUT2D eigenvalue weighted by atomic mass is 16.5. The van der Waals surface area contributed by atoms with Crippen LogP contribution < -0.4 is 15.2 Å². The summed E-state index contributed by atoms with van der Waals surface area (Å²) in [5, 5.41) is 0. The van der Waals surface area contributed by atoms with Crippen molar-refractivity contribution in [3.8, 4) is 11.5 Å². The van der Waals surface area contributed by atoms with E-state index in [0.717, 1.165) is 29.0 Å². The second kappa shape index (κ2) is 4.86. The first-order valence-electron chi connectivity index (χ1n) is 4.64. The van der Waals surface area contributed by atoms with Crippen molar-refractivity contribution in [1.82, 2.24) is 0 Å². The van der Waals surface area contributed by atoms with Crippen LogP contribution >= 0.6 is 0 Å². The highest BCUT2D eigenvalue weighted by Gasteiger charge is 2.08. The summed E-state index contributed by atoms with van der Waals surface area (Å²) in [6.45, 7) is 2.62. The lowest BCUT2D eigenvalue weighted by Gasteiger charge is -2.12. The van der Waals surface area contributed by atoms with Gasteiger partial charge in [-0.2, -0.15) is 0 Å². The Kier molecular flexibility index (Phi) is 3.77. The van der Waals surface area contributed by atoms with Gasteiger partial charge in [0.15, 0.2) is 0 Å². The molecule has 2 N–H and O–H groups in total. The van der Waals surface area contributed by atoms with Crippen LogP contribution in [0.2, 0.25) is 0 Å². The molecule has 0 aromatic heterocycles. The molecule has 0 amide bonds. The van der Waals surface area contributed by atoms with E-state index in [1.165, 1.54) is 0 Å². The fraction of sp³-hybridized carbons (Fsp3) is 0.455. The average molecular weight is 195 g/mol. The standard InChI is InChI=1S/C11H17NO2/c1-8-6-10(13-2)7-9(4-5-12)11(8)14-3/h6-7H,4-5,12H2,1-3H3. The van der Waals surface area contributed by atoms with Gasteiger partial charge >= 0.3 is 0 Å². The zero-order valence-corrected chi connectivity index (χ0v) is 8.96. The highest BCUT2D eigenvalue weighted by Crippen LogP contribution is 2.28. The summed E-state index contributed by atoms with van der Waals surface area (Å²) < 4.78 is 10.5. The van der Waals surface area contributed by atoms with Crippen LogP contribution in [0.1, 0.15) is 11.1 Å². The van der Waals surface area contributed by atoms with E-state index in [1.807, 2.05) is 19.1 Å². The molecule has 0 aliphatic heterocycles. The van der Waals surface area contributed by atoms with Crippen LogP contribution in [-0.4, -0.2) is 20.8 Å². The summed E-state index contributed by atoms with van der Waals surface area (Å²) in [5.41, 5.74) is 7.71. The molecule has 0 saturated heterocycles. The maximum atomic E-state index is 5.53. The van der Waals surface area contributed by atoms with Crippen molar-refractivity contribution in [2.45, 2.75) is 13.3 Å². The summed E-state index contributed by atoms with van der Waals surface area (Å²) in [4.78, 5) is 0. The molecule has 0 spiro atoms. The number of hydrogen-bond donors (Lipinski definition) is 1.